The van der Waals surface area contributed by atoms with Crippen molar-refractivity contribution in [1.82, 2.24) is 20.0 Å². The number of hydrogen-bond acceptors (Lipinski definition) is 4. The number of carbonyl (C=O) groups excluding carboxylic acids is 1. The van der Waals surface area contributed by atoms with Crippen molar-refractivity contribution in [3.63, 3.8) is 0 Å². The van der Waals surface area contributed by atoms with Crippen molar-refractivity contribution < 1.29 is 4.79 Å². The van der Waals surface area contributed by atoms with Crippen molar-refractivity contribution in [1.29, 1.82) is 0 Å². The second-order valence-electron chi connectivity index (χ2n) is 7.62. The van der Waals surface area contributed by atoms with Gasteiger partial charge in [0.1, 0.15) is 0 Å². The van der Waals surface area contributed by atoms with E-state index < -0.39 is 0 Å². The summed E-state index contributed by atoms with van der Waals surface area (Å²) in [5.74, 6) is 0.811. The average molecular weight is 565 g/mol. The molecule has 0 atom stereocenters. The van der Waals surface area contributed by atoms with Crippen LogP contribution in [0, 0.1) is 0 Å². The van der Waals surface area contributed by atoms with Crippen LogP contribution in [0.2, 0.25) is 5.02 Å². The summed E-state index contributed by atoms with van der Waals surface area (Å²) in [7, 11) is 4.05. The molecular formula is C22H38ClIN6O. The van der Waals surface area contributed by atoms with E-state index in [0.29, 0.717) is 32.1 Å². The molecule has 0 unspecified atom stereocenters. The van der Waals surface area contributed by atoms with Crippen molar-refractivity contribution in [2.75, 3.05) is 71.4 Å². The minimum Gasteiger partial charge on any atom is -0.369 e. The molecule has 1 N–H and O–H groups in total. The molecule has 0 saturated carbocycles. The van der Waals surface area contributed by atoms with Crippen LogP contribution < -0.4 is 10.2 Å². The number of hydrogen-bond donors (Lipinski definition) is 1. The molecule has 2 rings (SSSR count). The summed E-state index contributed by atoms with van der Waals surface area (Å²) in [6, 6.07) is 6.05. The fourth-order valence-electron chi connectivity index (χ4n) is 3.63. The monoisotopic (exact) mass is 564 g/mol. The van der Waals surface area contributed by atoms with Crippen LogP contribution in [0.25, 0.3) is 0 Å². The van der Waals surface area contributed by atoms with E-state index in [0.717, 1.165) is 49.0 Å². The molecule has 1 heterocycles. The summed E-state index contributed by atoms with van der Waals surface area (Å²) in [6.45, 7) is 13.0. The second kappa shape index (κ2) is 14.0. The lowest BCUT2D eigenvalue weighted by Gasteiger charge is -2.35. The highest BCUT2D eigenvalue weighted by atomic mass is 127. The number of aliphatic imine (C=N–C) groups is 1. The van der Waals surface area contributed by atoms with Gasteiger partial charge in [0, 0.05) is 69.1 Å². The molecule has 9 heteroatoms. The second-order valence-corrected chi connectivity index (χ2v) is 8.03. The van der Waals surface area contributed by atoms with Crippen molar-refractivity contribution in [3.05, 3.63) is 28.8 Å². The van der Waals surface area contributed by atoms with E-state index in [9.17, 15) is 4.79 Å². The van der Waals surface area contributed by atoms with Crippen LogP contribution in [0.5, 0.6) is 0 Å². The summed E-state index contributed by atoms with van der Waals surface area (Å²) < 4.78 is 0. The van der Waals surface area contributed by atoms with Gasteiger partial charge in [-0.15, -0.1) is 24.0 Å². The average Bonchev–Trinajstić information content (AvgIpc) is 2.73. The number of benzene rings is 1. The summed E-state index contributed by atoms with van der Waals surface area (Å²) in [5.41, 5.74) is 2.18. The fourth-order valence-corrected chi connectivity index (χ4v) is 3.85. The van der Waals surface area contributed by atoms with Gasteiger partial charge >= 0.3 is 0 Å². The van der Waals surface area contributed by atoms with Gasteiger partial charge in [0.25, 0.3) is 0 Å². The number of piperazine rings is 1. The maximum absolute atomic E-state index is 12.5. The highest BCUT2D eigenvalue weighted by molar-refractivity contribution is 14.0. The van der Waals surface area contributed by atoms with E-state index >= 15 is 0 Å². The number of rotatable bonds is 8. The van der Waals surface area contributed by atoms with Gasteiger partial charge in [-0.25, -0.2) is 4.99 Å². The lowest BCUT2D eigenvalue weighted by atomic mass is 10.1. The normalized spacial score (nSPS) is 14.8. The minimum atomic E-state index is 0. The van der Waals surface area contributed by atoms with Gasteiger partial charge in [-0.1, -0.05) is 17.7 Å². The first-order chi connectivity index (χ1) is 14.4. The highest BCUT2D eigenvalue weighted by Gasteiger charge is 2.19. The van der Waals surface area contributed by atoms with Gasteiger partial charge in [0.05, 0.1) is 13.1 Å². The van der Waals surface area contributed by atoms with E-state index in [4.69, 9.17) is 16.6 Å². The van der Waals surface area contributed by atoms with Gasteiger partial charge in [0.15, 0.2) is 5.96 Å². The number of likely N-dealkylation sites (N-methyl/N-ethyl adjacent to an activating group) is 3. The molecular weight excluding hydrogens is 527 g/mol. The molecule has 0 bridgehead atoms. The number of guanidine groups is 1. The maximum Gasteiger partial charge on any atom is 0.242 e. The maximum atomic E-state index is 12.5. The largest absolute Gasteiger partial charge is 0.369 e. The van der Waals surface area contributed by atoms with Crippen LogP contribution in [-0.4, -0.2) is 93.0 Å². The summed E-state index contributed by atoms with van der Waals surface area (Å²) in [5, 5.41) is 4.03. The molecule has 1 fully saturated rings. The van der Waals surface area contributed by atoms with Crippen LogP contribution >= 0.6 is 35.6 Å². The molecule has 1 saturated heterocycles. The number of carbonyl (C=O) groups is 1. The zero-order valence-electron chi connectivity index (χ0n) is 19.5. The quantitative estimate of drug-likeness (QED) is 0.299. The lowest BCUT2D eigenvalue weighted by molar-refractivity contribution is -0.131. The third-order valence-corrected chi connectivity index (χ3v) is 5.86. The number of anilines is 1. The van der Waals surface area contributed by atoms with Crippen molar-refractivity contribution >= 4 is 53.1 Å². The Bertz CT molecular complexity index is 720. The Hall–Kier alpha value is -1.26. The molecule has 1 amide bonds. The predicted octanol–water partition coefficient (Wildman–Crippen LogP) is 2.98. The smallest absolute Gasteiger partial charge is 0.242 e. The van der Waals surface area contributed by atoms with Gasteiger partial charge in [-0.05, 0) is 40.0 Å². The Kier molecular flexibility index (Phi) is 12.5. The van der Waals surface area contributed by atoms with Crippen LogP contribution in [0.3, 0.4) is 0 Å². The Labute approximate surface area is 209 Å². The Morgan fingerprint density at radius 2 is 1.81 bits per heavy atom. The molecule has 0 spiro atoms. The zero-order valence-corrected chi connectivity index (χ0v) is 22.6. The van der Waals surface area contributed by atoms with Crippen molar-refractivity contribution in [2.24, 2.45) is 4.99 Å². The van der Waals surface area contributed by atoms with Crippen molar-refractivity contribution in [3.8, 4) is 0 Å². The molecule has 1 aliphatic heterocycles. The summed E-state index contributed by atoms with van der Waals surface area (Å²) in [6.07, 6.45) is 0. The first-order valence-corrected chi connectivity index (χ1v) is 11.3. The Morgan fingerprint density at radius 1 is 1.16 bits per heavy atom. The third kappa shape index (κ3) is 7.98. The molecule has 31 heavy (non-hydrogen) atoms. The summed E-state index contributed by atoms with van der Waals surface area (Å²) >= 11 is 6.58. The molecule has 7 nitrogen and oxygen atoms in total. The Balaban J connectivity index is 0.00000480. The summed E-state index contributed by atoms with van der Waals surface area (Å²) in [4.78, 5) is 25.8. The van der Waals surface area contributed by atoms with Crippen molar-refractivity contribution in [2.45, 2.75) is 27.3 Å². The van der Waals surface area contributed by atoms with Gasteiger partial charge in [-0.3, -0.25) is 4.79 Å². The predicted molar refractivity (Wildman–Crippen MR) is 142 cm³/mol. The minimum absolute atomic E-state index is 0. The fraction of sp³-hybridized carbons (Fsp3) is 0.636. The highest BCUT2D eigenvalue weighted by Crippen LogP contribution is 2.29. The molecule has 0 radical (unpaired) electrons. The SMILES string of the molecule is CCNC(=NCc1c(Cl)cccc1N1CCN(C)CC1)N(C)CC(=O)N(CC)CC.I. The van der Waals surface area contributed by atoms with Crippen LogP contribution in [0.4, 0.5) is 5.69 Å². The topological polar surface area (TPSA) is 54.4 Å². The molecule has 0 aromatic heterocycles. The van der Waals surface area contributed by atoms with Crippen LogP contribution in [0.1, 0.15) is 26.3 Å². The lowest BCUT2D eigenvalue weighted by Crippen LogP contribution is -2.45. The van der Waals surface area contributed by atoms with E-state index in [2.05, 4.69) is 28.2 Å². The number of halogens is 2. The van der Waals surface area contributed by atoms with E-state index in [1.54, 1.807) is 0 Å². The Morgan fingerprint density at radius 3 is 2.39 bits per heavy atom. The standard InChI is InChI=1S/C22H37ClN6O.HI/c1-6-24-22(27(5)17-21(30)28(7-2)8-3)25-16-18-19(23)10-9-11-20(18)29-14-12-26(4)13-15-29;/h9-11H,6-8,12-17H2,1-5H3,(H,24,25);1H. The van der Waals surface area contributed by atoms with E-state index in [1.165, 1.54) is 0 Å². The number of nitrogens with zero attached hydrogens (tertiary/aromatic N) is 5. The molecule has 1 aromatic rings. The zero-order chi connectivity index (χ0) is 22.1. The van der Waals surface area contributed by atoms with E-state index in [1.807, 2.05) is 49.8 Å². The molecule has 1 aromatic carbocycles. The first kappa shape index (κ1) is 27.8. The van der Waals surface area contributed by atoms with Gasteiger partial charge in [-0.2, -0.15) is 0 Å². The molecule has 176 valence electrons. The van der Waals surface area contributed by atoms with E-state index in [-0.39, 0.29) is 29.9 Å². The number of amides is 1. The first-order valence-electron chi connectivity index (χ1n) is 10.9. The van der Waals surface area contributed by atoms with Crippen LogP contribution in [0.15, 0.2) is 23.2 Å². The van der Waals surface area contributed by atoms with Crippen LogP contribution in [-0.2, 0) is 11.3 Å². The van der Waals surface area contributed by atoms with Gasteiger partial charge in [0.2, 0.25) is 5.91 Å². The third-order valence-electron chi connectivity index (χ3n) is 5.51. The number of nitrogens with one attached hydrogen (secondary N) is 1. The van der Waals surface area contributed by atoms with Gasteiger partial charge < -0.3 is 24.9 Å². The molecule has 0 aliphatic carbocycles. The molecule has 1 aliphatic rings.